The monoisotopic (exact) mass is 436 g/mol. The highest BCUT2D eigenvalue weighted by atomic mass is 17.2. The van der Waals surface area contributed by atoms with E-state index in [2.05, 4.69) is 38.2 Å². The molecule has 176 valence electrons. The third-order valence-corrected chi connectivity index (χ3v) is 6.50. The zero-order chi connectivity index (χ0) is 22.2. The van der Waals surface area contributed by atoms with Crippen LogP contribution in [-0.4, -0.2) is 35.5 Å². The normalized spacial score (nSPS) is 35.5. The van der Waals surface area contributed by atoms with Crippen LogP contribution in [-0.2, 0) is 29.1 Å². The summed E-state index contributed by atoms with van der Waals surface area (Å²) in [7, 11) is 0. The summed E-state index contributed by atoms with van der Waals surface area (Å²) in [5.41, 5.74) is -0.921. The third kappa shape index (κ3) is 7.41. The molecule has 3 aliphatic rings. The Labute approximate surface area is 187 Å². The lowest BCUT2D eigenvalue weighted by Gasteiger charge is -2.43. The summed E-state index contributed by atoms with van der Waals surface area (Å²) >= 11 is 0. The number of hydrogen-bond donors (Lipinski definition) is 0. The number of carbonyl (C=O) groups is 1. The Kier molecular flexibility index (Phi) is 9.14. The molecule has 3 rings (SSSR count). The molecule has 31 heavy (non-hydrogen) atoms. The Hall–Kier alpha value is -1.21. The molecule has 0 radical (unpaired) electrons. The van der Waals surface area contributed by atoms with Gasteiger partial charge in [0.15, 0.2) is 0 Å². The standard InChI is InChI=1S/C25H40O6/c1-4-13-20-15-16-21(29-28-20)14-11-9-7-5-6-8-10-12-17-24(2)19-25(3)22(30-31-24)18-23(26)27-25/h11,14-16,20-22H,4-10,12-13,17-19H2,1-3H3. The minimum absolute atomic E-state index is 0.0502. The molecule has 0 N–H and O–H groups in total. The molecule has 0 aliphatic carbocycles. The molecule has 2 fully saturated rings. The van der Waals surface area contributed by atoms with Gasteiger partial charge in [0.1, 0.15) is 29.5 Å². The molecule has 0 saturated carbocycles. The van der Waals surface area contributed by atoms with Crippen molar-refractivity contribution in [1.29, 1.82) is 0 Å². The first kappa shape index (κ1) is 24.4. The van der Waals surface area contributed by atoms with Crippen LogP contribution in [0.4, 0.5) is 0 Å². The van der Waals surface area contributed by atoms with Gasteiger partial charge in [0.25, 0.3) is 0 Å². The van der Waals surface area contributed by atoms with E-state index >= 15 is 0 Å². The topological polar surface area (TPSA) is 63.2 Å². The van der Waals surface area contributed by atoms with E-state index in [-0.39, 0.29) is 29.9 Å². The van der Waals surface area contributed by atoms with Crippen LogP contribution >= 0.6 is 0 Å². The third-order valence-electron chi connectivity index (χ3n) is 6.50. The highest BCUT2D eigenvalue weighted by molar-refractivity contribution is 5.73. The van der Waals surface area contributed by atoms with Crippen molar-refractivity contribution in [3.05, 3.63) is 24.3 Å². The number of unbranched alkanes of at least 4 members (excludes halogenated alkanes) is 6. The molecule has 0 amide bonds. The van der Waals surface area contributed by atoms with Gasteiger partial charge in [0, 0.05) is 6.42 Å². The van der Waals surface area contributed by atoms with E-state index < -0.39 is 5.60 Å². The molecular formula is C25H40O6. The predicted molar refractivity (Wildman–Crippen MR) is 118 cm³/mol. The van der Waals surface area contributed by atoms with Gasteiger partial charge in [-0.15, -0.1) is 0 Å². The molecule has 3 heterocycles. The first-order valence-electron chi connectivity index (χ1n) is 12.2. The molecule has 3 aliphatic heterocycles. The van der Waals surface area contributed by atoms with Crippen LogP contribution in [0, 0.1) is 0 Å². The van der Waals surface area contributed by atoms with Crippen molar-refractivity contribution in [2.24, 2.45) is 0 Å². The van der Waals surface area contributed by atoms with Crippen LogP contribution < -0.4 is 0 Å². The second-order valence-electron chi connectivity index (χ2n) is 9.74. The van der Waals surface area contributed by atoms with E-state index in [1.807, 2.05) is 6.92 Å². The van der Waals surface area contributed by atoms with E-state index in [9.17, 15) is 4.79 Å². The number of ether oxygens (including phenoxy) is 1. The van der Waals surface area contributed by atoms with Crippen molar-refractivity contribution in [2.45, 2.75) is 127 Å². The van der Waals surface area contributed by atoms with Crippen LogP contribution in [0.25, 0.3) is 0 Å². The molecular weight excluding hydrogens is 396 g/mol. The van der Waals surface area contributed by atoms with Crippen LogP contribution in [0.15, 0.2) is 24.3 Å². The maximum atomic E-state index is 11.6. The zero-order valence-corrected chi connectivity index (χ0v) is 19.5. The van der Waals surface area contributed by atoms with E-state index in [0.717, 1.165) is 32.1 Å². The van der Waals surface area contributed by atoms with Crippen molar-refractivity contribution in [3.8, 4) is 0 Å². The Morgan fingerprint density at radius 1 is 1.03 bits per heavy atom. The molecule has 2 saturated heterocycles. The molecule has 6 nitrogen and oxygen atoms in total. The fraction of sp³-hybridized carbons (Fsp3) is 0.800. The van der Waals surface area contributed by atoms with Crippen LogP contribution in [0.2, 0.25) is 0 Å². The summed E-state index contributed by atoms with van der Waals surface area (Å²) in [5.74, 6) is -0.188. The molecule has 0 aromatic heterocycles. The van der Waals surface area contributed by atoms with Gasteiger partial charge in [-0.3, -0.25) is 4.79 Å². The van der Waals surface area contributed by atoms with Crippen molar-refractivity contribution < 1.29 is 29.1 Å². The molecule has 6 heteroatoms. The van der Waals surface area contributed by atoms with Gasteiger partial charge < -0.3 is 4.74 Å². The van der Waals surface area contributed by atoms with Gasteiger partial charge in [-0.05, 0) is 39.5 Å². The average Bonchev–Trinajstić information content (AvgIpc) is 3.03. The molecule has 0 bridgehead atoms. The maximum absolute atomic E-state index is 11.6. The minimum atomic E-state index is -0.542. The van der Waals surface area contributed by atoms with Crippen molar-refractivity contribution >= 4 is 5.97 Å². The lowest BCUT2D eigenvalue weighted by Crippen LogP contribution is -2.51. The Balaban J connectivity index is 1.19. The summed E-state index contributed by atoms with van der Waals surface area (Å²) in [4.78, 5) is 33.5. The summed E-state index contributed by atoms with van der Waals surface area (Å²) in [6.45, 7) is 6.17. The molecule has 0 aromatic carbocycles. The number of hydrogen-bond acceptors (Lipinski definition) is 6. The van der Waals surface area contributed by atoms with Gasteiger partial charge in [-0.1, -0.05) is 69.8 Å². The summed E-state index contributed by atoms with van der Waals surface area (Å²) in [6.07, 6.45) is 20.5. The zero-order valence-electron chi connectivity index (χ0n) is 19.5. The van der Waals surface area contributed by atoms with Gasteiger partial charge >= 0.3 is 5.97 Å². The number of carbonyl (C=O) groups excluding carboxylic acids is 1. The minimum Gasteiger partial charge on any atom is -0.456 e. The fourth-order valence-corrected chi connectivity index (χ4v) is 4.75. The number of rotatable bonds is 12. The Morgan fingerprint density at radius 3 is 2.55 bits per heavy atom. The number of esters is 1. The summed E-state index contributed by atoms with van der Waals surface area (Å²) in [6, 6.07) is 0. The second-order valence-corrected chi connectivity index (χ2v) is 9.74. The van der Waals surface area contributed by atoms with E-state index in [0.29, 0.717) is 12.8 Å². The largest absolute Gasteiger partial charge is 0.456 e. The number of allylic oxidation sites excluding steroid dienone is 1. The molecule has 0 aromatic rings. The maximum Gasteiger partial charge on any atom is 0.309 e. The quantitative estimate of drug-likeness (QED) is 0.164. The van der Waals surface area contributed by atoms with Gasteiger partial charge in [-0.2, -0.15) is 0 Å². The molecule has 0 spiro atoms. The van der Waals surface area contributed by atoms with Gasteiger partial charge in [0.2, 0.25) is 0 Å². The van der Waals surface area contributed by atoms with Gasteiger partial charge in [0.05, 0.1) is 6.42 Å². The van der Waals surface area contributed by atoms with Gasteiger partial charge in [-0.25, -0.2) is 19.6 Å². The SMILES string of the molecule is CCCC1C=CC(C=CCCCCCCCCC2(C)CC3(C)OC(=O)CC3OO2)OO1. The molecule has 5 atom stereocenters. The Morgan fingerprint density at radius 2 is 1.81 bits per heavy atom. The lowest BCUT2D eigenvalue weighted by molar-refractivity contribution is -0.428. The highest BCUT2D eigenvalue weighted by Crippen LogP contribution is 2.44. The van der Waals surface area contributed by atoms with Crippen LogP contribution in [0.5, 0.6) is 0 Å². The number of fused-ring (bicyclic) bond motifs is 1. The predicted octanol–water partition coefficient (Wildman–Crippen LogP) is 5.90. The van der Waals surface area contributed by atoms with Crippen molar-refractivity contribution in [1.82, 2.24) is 0 Å². The van der Waals surface area contributed by atoms with Crippen molar-refractivity contribution in [3.63, 3.8) is 0 Å². The second kappa shape index (κ2) is 11.6. The van der Waals surface area contributed by atoms with E-state index in [4.69, 9.17) is 24.3 Å². The van der Waals surface area contributed by atoms with Crippen LogP contribution in [0.3, 0.4) is 0 Å². The van der Waals surface area contributed by atoms with E-state index in [1.54, 1.807) is 0 Å². The highest BCUT2D eigenvalue weighted by Gasteiger charge is 2.55. The summed E-state index contributed by atoms with van der Waals surface area (Å²) < 4.78 is 5.52. The molecule has 5 unspecified atom stereocenters. The first-order chi connectivity index (χ1) is 14.9. The first-order valence-corrected chi connectivity index (χ1v) is 12.2. The van der Waals surface area contributed by atoms with Crippen LogP contribution in [0.1, 0.15) is 97.8 Å². The Bertz CT molecular complexity index is 632. The van der Waals surface area contributed by atoms with Crippen molar-refractivity contribution in [2.75, 3.05) is 0 Å². The van der Waals surface area contributed by atoms with E-state index in [1.165, 1.54) is 32.1 Å². The smallest absolute Gasteiger partial charge is 0.309 e. The lowest BCUT2D eigenvalue weighted by atomic mass is 9.82. The fourth-order valence-electron chi connectivity index (χ4n) is 4.75. The average molecular weight is 437 g/mol. The summed E-state index contributed by atoms with van der Waals surface area (Å²) in [5, 5.41) is 0.